The molecule has 0 fully saturated rings. The van der Waals surface area contributed by atoms with Gasteiger partial charge in [0, 0.05) is 14.1 Å². The Bertz CT molecular complexity index is 653. The second kappa shape index (κ2) is 6.35. The molecule has 2 aromatic rings. The van der Waals surface area contributed by atoms with Gasteiger partial charge in [0.2, 0.25) is 11.1 Å². The number of hydrogen-bond acceptors (Lipinski definition) is 6. The fraction of sp³-hybridized carbons (Fsp3) is 0.250. The smallest absolute Gasteiger partial charge is 0.335 e. The van der Waals surface area contributed by atoms with Crippen LogP contribution in [0.1, 0.15) is 10.4 Å². The number of tetrazole rings is 1. The molecular weight excluding hydrogens is 294 g/mol. The third-order valence-electron chi connectivity index (χ3n) is 2.62. The molecule has 1 amide bonds. The first-order valence-corrected chi connectivity index (χ1v) is 6.92. The fourth-order valence-corrected chi connectivity index (χ4v) is 2.30. The zero-order chi connectivity index (χ0) is 15.4. The van der Waals surface area contributed by atoms with Crippen LogP contribution in [0.2, 0.25) is 0 Å². The Morgan fingerprint density at radius 3 is 2.52 bits per heavy atom. The van der Waals surface area contributed by atoms with Crippen LogP contribution in [0.25, 0.3) is 5.69 Å². The quantitative estimate of drug-likeness (QED) is 0.804. The third-order valence-corrected chi connectivity index (χ3v) is 3.53. The molecule has 1 heterocycles. The SMILES string of the molecule is CN(C)C(=O)CSc1nnnn1-c1ccc(C(=O)O)cc1. The van der Waals surface area contributed by atoms with Gasteiger partial charge in [0.1, 0.15) is 0 Å². The van der Waals surface area contributed by atoms with Crippen LogP contribution >= 0.6 is 11.8 Å². The van der Waals surface area contributed by atoms with E-state index in [4.69, 9.17) is 5.11 Å². The second-order valence-electron chi connectivity index (χ2n) is 4.30. The molecule has 1 aromatic heterocycles. The topological polar surface area (TPSA) is 101 Å². The molecule has 110 valence electrons. The van der Waals surface area contributed by atoms with Gasteiger partial charge in [-0.05, 0) is 34.7 Å². The van der Waals surface area contributed by atoms with Crippen molar-refractivity contribution in [3.63, 3.8) is 0 Å². The standard InChI is InChI=1S/C12H13N5O3S/c1-16(2)10(18)7-21-12-13-14-15-17(12)9-5-3-8(4-6-9)11(19)20/h3-6H,7H2,1-2H3,(H,19,20). The van der Waals surface area contributed by atoms with Crippen molar-refractivity contribution in [1.29, 1.82) is 0 Å². The van der Waals surface area contributed by atoms with Crippen LogP contribution in [-0.2, 0) is 4.79 Å². The van der Waals surface area contributed by atoms with Gasteiger partial charge in [0.05, 0.1) is 17.0 Å². The van der Waals surface area contributed by atoms with Gasteiger partial charge >= 0.3 is 5.97 Å². The lowest BCUT2D eigenvalue weighted by Crippen LogP contribution is -2.23. The first kappa shape index (κ1) is 15.0. The number of carbonyl (C=O) groups is 2. The molecule has 0 spiro atoms. The van der Waals surface area contributed by atoms with Crippen LogP contribution in [-0.4, -0.2) is 61.9 Å². The highest BCUT2D eigenvalue weighted by Crippen LogP contribution is 2.18. The summed E-state index contributed by atoms with van der Waals surface area (Å²) in [6.45, 7) is 0. The highest BCUT2D eigenvalue weighted by Gasteiger charge is 2.13. The summed E-state index contributed by atoms with van der Waals surface area (Å²) in [4.78, 5) is 23.9. The summed E-state index contributed by atoms with van der Waals surface area (Å²) < 4.78 is 1.46. The number of rotatable bonds is 5. The molecule has 2 rings (SSSR count). The van der Waals surface area contributed by atoms with Crippen LogP contribution < -0.4 is 0 Å². The van der Waals surface area contributed by atoms with Gasteiger partial charge in [-0.3, -0.25) is 4.79 Å². The van der Waals surface area contributed by atoms with Crippen LogP contribution in [0.3, 0.4) is 0 Å². The van der Waals surface area contributed by atoms with E-state index in [1.165, 1.54) is 33.5 Å². The minimum absolute atomic E-state index is 0.0456. The maximum atomic E-state index is 11.6. The molecule has 0 bridgehead atoms. The Balaban J connectivity index is 2.16. The summed E-state index contributed by atoms with van der Waals surface area (Å²) in [6, 6.07) is 6.16. The van der Waals surface area contributed by atoms with Gasteiger partial charge in [0.15, 0.2) is 0 Å². The van der Waals surface area contributed by atoms with E-state index in [0.29, 0.717) is 10.8 Å². The van der Waals surface area contributed by atoms with Gasteiger partial charge in [-0.2, -0.15) is 4.68 Å². The number of aromatic carboxylic acids is 1. The van der Waals surface area contributed by atoms with Gasteiger partial charge in [0.25, 0.3) is 0 Å². The molecule has 0 unspecified atom stereocenters. The highest BCUT2D eigenvalue weighted by molar-refractivity contribution is 7.99. The summed E-state index contributed by atoms with van der Waals surface area (Å²) in [6.07, 6.45) is 0. The first-order chi connectivity index (χ1) is 9.99. The molecule has 0 aliphatic rings. The summed E-state index contributed by atoms with van der Waals surface area (Å²) in [5, 5.41) is 20.6. The number of benzene rings is 1. The number of amides is 1. The van der Waals surface area contributed by atoms with Crippen molar-refractivity contribution in [3.05, 3.63) is 29.8 Å². The Labute approximate surface area is 124 Å². The van der Waals surface area contributed by atoms with E-state index in [9.17, 15) is 9.59 Å². The zero-order valence-electron chi connectivity index (χ0n) is 11.4. The number of thioether (sulfide) groups is 1. The van der Waals surface area contributed by atoms with Crippen LogP contribution in [0.4, 0.5) is 0 Å². The van der Waals surface area contributed by atoms with Crippen LogP contribution in [0.5, 0.6) is 0 Å². The molecular formula is C12H13N5O3S. The molecule has 8 nitrogen and oxygen atoms in total. The third kappa shape index (κ3) is 3.57. The monoisotopic (exact) mass is 307 g/mol. The van der Waals surface area contributed by atoms with Crippen molar-refractivity contribution in [2.75, 3.05) is 19.8 Å². The summed E-state index contributed by atoms with van der Waals surface area (Å²) in [5.41, 5.74) is 0.814. The molecule has 0 aliphatic heterocycles. The molecule has 1 aromatic carbocycles. The average Bonchev–Trinajstić information content (AvgIpc) is 2.93. The Morgan fingerprint density at radius 1 is 1.29 bits per heavy atom. The van der Waals surface area contributed by atoms with E-state index in [1.807, 2.05) is 0 Å². The van der Waals surface area contributed by atoms with Crippen molar-refractivity contribution in [1.82, 2.24) is 25.1 Å². The number of aromatic nitrogens is 4. The second-order valence-corrected chi connectivity index (χ2v) is 5.24. The minimum Gasteiger partial charge on any atom is -0.478 e. The maximum absolute atomic E-state index is 11.6. The van der Waals surface area contributed by atoms with Crippen molar-refractivity contribution in [2.24, 2.45) is 0 Å². The van der Waals surface area contributed by atoms with Gasteiger partial charge in [-0.15, -0.1) is 5.10 Å². The van der Waals surface area contributed by atoms with Crippen molar-refractivity contribution < 1.29 is 14.7 Å². The largest absolute Gasteiger partial charge is 0.478 e. The van der Waals surface area contributed by atoms with E-state index in [2.05, 4.69) is 15.5 Å². The molecule has 0 aliphatic carbocycles. The van der Waals surface area contributed by atoms with Crippen LogP contribution in [0.15, 0.2) is 29.4 Å². The molecule has 1 N–H and O–H groups in total. The number of nitrogens with zero attached hydrogens (tertiary/aromatic N) is 5. The van der Waals surface area contributed by atoms with Gasteiger partial charge in [-0.25, -0.2) is 4.79 Å². The van der Waals surface area contributed by atoms with E-state index in [-0.39, 0.29) is 17.2 Å². The van der Waals surface area contributed by atoms with E-state index < -0.39 is 5.97 Å². The van der Waals surface area contributed by atoms with Crippen molar-refractivity contribution in [2.45, 2.75) is 5.16 Å². The number of carbonyl (C=O) groups excluding carboxylic acids is 1. The molecule has 0 saturated carbocycles. The number of carboxylic acid groups (broad SMARTS) is 1. The predicted octanol–water partition coefficient (Wildman–Crippen LogP) is 0.541. The lowest BCUT2D eigenvalue weighted by Gasteiger charge is -2.09. The molecule has 0 radical (unpaired) electrons. The van der Waals surface area contributed by atoms with E-state index in [1.54, 1.807) is 26.2 Å². The number of carboxylic acids is 1. The molecule has 21 heavy (non-hydrogen) atoms. The van der Waals surface area contributed by atoms with Gasteiger partial charge < -0.3 is 10.0 Å². The Hall–Kier alpha value is -2.42. The minimum atomic E-state index is -0.996. The van der Waals surface area contributed by atoms with Gasteiger partial charge in [-0.1, -0.05) is 11.8 Å². The molecule has 0 saturated heterocycles. The lowest BCUT2D eigenvalue weighted by atomic mass is 10.2. The molecule has 9 heteroatoms. The van der Waals surface area contributed by atoms with Crippen molar-refractivity contribution >= 4 is 23.6 Å². The zero-order valence-corrected chi connectivity index (χ0v) is 12.2. The summed E-state index contributed by atoms with van der Waals surface area (Å²) in [5.74, 6) is -0.819. The Morgan fingerprint density at radius 2 is 1.95 bits per heavy atom. The maximum Gasteiger partial charge on any atom is 0.335 e. The Kier molecular flexibility index (Phi) is 4.53. The summed E-state index contributed by atoms with van der Waals surface area (Å²) in [7, 11) is 3.35. The summed E-state index contributed by atoms with van der Waals surface area (Å²) >= 11 is 1.21. The molecule has 0 atom stereocenters. The fourth-order valence-electron chi connectivity index (χ4n) is 1.43. The van der Waals surface area contributed by atoms with Crippen LogP contribution in [0, 0.1) is 0 Å². The predicted molar refractivity (Wildman–Crippen MR) is 75.5 cm³/mol. The first-order valence-electron chi connectivity index (χ1n) is 5.94. The van der Waals surface area contributed by atoms with E-state index >= 15 is 0 Å². The van der Waals surface area contributed by atoms with Crippen molar-refractivity contribution in [3.8, 4) is 5.69 Å². The van der Waals surface area contributed by atoms with E-state index in [0.717, 1.165) is 0 Å². The lowest BCUT2D eigenvalue weighted by molar-refractivity contribution is -0.125. The highest BCUT2D eigenvalue weighted by atomic mass is 32.2. The number of hydrogen-bond donors (Lipinski definition) is 1. The average molecular weight is 307 g/mol. The normalized spacial score (nSPS) is 10.4.